The van der Waals surface area contributed by atoms with Crippen LogP contribution in [0.3, 0.4) is 0 Å². The molecule has 110 valence electrons. The summed E-state index contributed by atoms with van der Waals surface area (Å²) in [5.74, 6) is 0.733. The summed E-state index contributed by atoms with van der Waals surface area (Å²) in [5.41, 5.74) is 0.616. The number of nitrogens with zero attached hydrogens (tertiary/aromatic N) is 1. The Hall–Kier alpha value is -1.52. The second-order valence-corrected chi connectivity index (χ2v) is 5.89. The van der Waals surface area contributed by atoms with Crippen molar-refractivity contribution in [1.82, 2.24) is 4.90 Å². The summed E-state index contributed by atoms with van der Waals surface area (Å²) in [6, 6.07) is 14.4. The average Bonchev–Trinajstić information content (AvgIpc) is 2.49. The van der Waals surface area contributed by atoms with Gasteiger partial charge >= 0.3 is 0 Å². The molecule has 3 nitrogen and oxygen atoms in total. The van der Waals surface area contributed by atoms with Crippen LogP contribution in [-0.2, 0) is 0 Å². The quantitative estimate of drug-likeness (QED) is 0.789. The molecule has 2 aromatic carbocycles. The zero-order valence-corrected chi connectivity index (χ0v) is 13.9. The van der Waals surface area contributed by atoms with Crippen LogP contribution in [0.25, 0.3) is 0 Å². The normalized spacial score (nSPS) is 10.2. The number of hydrogen-bond donors (Lipinski definition) is 0. The van der Waals surface area contributed by atoms with Crippen molar-refractivity contribution in [3.05, 3.63) is 63.6 Å². The summed E-state index contributed by atoms with van der Waals surface area (Å²) in [6.07, 6.45) is 0. The second kappa shape index (κ2) is 7.48. The summed E-state index contributed by atoms with van der Waals surface area (Å²) < 4.78 is 6.61. The average molecular weight is 369 g/mol. The van der Waals surface area contributed by atoms with Crippen LogP contribution < -0.4 is 4.74 Å². The number of carbonyl (C=O) groups excluding carboxylic acids is 1. The lowest BCUT2D eigenvalue weighted by Crippen LogP contribution is -2.30. The Morgan fingerprint density at radius 1 is 1.14 bits per heavy atom. The summed E-state index contributed by atoms with van der Waals surface area (Å²) in [6.45, 7) is 0.953. The minimum absolute atomic E-state index is 0.0499. The molecule has 5 heteroatoms. The lowest BCUT2D eigenvalue weighted by atomic mass is 10.2. The van der Waals surface area contributed by atoms with Gasteiger partial charge in [0.25, 0.3) is 5.91 Å². The molecule has 0 aliphatic carbocycles. The van der Waals surface area contributed by atoms with Gasteiger partial charge in [-0.25, -0.2) is 0 Å². The van der Waals surface area contributed by atoms with Crippen molar-refractivity contribution in [2.75, 3.05) is 20.2 Å². The molecule has 0 aliphatic rings. The first-order chi connectivity index (χ1) is 10.1. The van der Waals surface area contributed by atoms with Crippen LogP contribution >= 0.6 is 27.5 Å². The number of rotatable bonds is 5. The summed E-state index contributed by atoms with van der Waals surface area (Å²) in [7, 11) is 1.75. The lowest BCUT2D eigenvalue weighted by Gasteiger charge is -2.17. The highest BCUT2D eigenvalue weighted by atomic mass is 79.9. The van der Waals surface area contributed by atoms with Crippen molar-refractivity contribution in [1.29, 1.82) is 0 Å². The number of halogens is 2. The maximum atomic E-state index is 12.2. The van der Waals surface area contributed by atoms with E-state index >= 15 is 0 Å². The van der Waals surface area contributed by atoms with E-state index in [9.17, 15) is 4.79 Å². The van der Waals surface area contributed by atoms with E-state index in [0.29, 0.717) is 23.7 Å². The van der Waals surface area contributed by atoms with E-state index in [0.717, 1.165) is 10.2 Å². The van der Waals surface area contributed by atoms with Gasteiger partial charge in [0.1, 0.15) is 12.4 Å². The largest absolute Gasteiger partial charge is 0.492 e. The zero-order valence-electron chi connectivity index (χ0n) is 11.6. The first-order valence-electron chi connectivity index (χ1n) is 6.45. The lowest BCUT2D eigenvalue weighted by molar-refractivity contribution is 0.0774. The van der Waals surface area contributed by atoms with Crippen molar-refractivity contribution >= 4 is 33.4 Å². The second-order valence-electron chi connectivity index (χ2n) is 4.54. The highest BCUT2D eigenvalue weighted by Crippen LogP contribution is 2.16. The molecule has 0 atom stereocenters. The molecule has 0 N–H and O–H groups in total. The van der Waals surface area contributed by atoms with Crippen molar-refractivity contribution in [3.8, 4) is 5.75 Å². The fourth-order valence-corrected chi connectivity index (χ4v) is 2.14. The molecule has 0 fully saturated rings. The summed E-state index contributed by atoms with van der Waals surface area (Å²) >= 11 is 9.18. The van der Waals surface area contributed by atoms with Crippen LogP contribution in [0.15, 0.2) is 53.0 Å². The van der Waals surface area contributed by atoms with Crippen LogP contribution in [0.1, 0.15) is 10.4 Å². The van der Waals surface area contributed by atoms with Crippen molar-refractivity contribution in [3.63, 3.8) is 0 Å². The predicted molar refractivity (Wildman–Crippen MR) is 88.0 cm³/mol. The topological polar surface area (TPSA) is 29.5 Å². The highest BCUT2D eigenvalue weighted by Gasteiger charge is 2.11. The first kappa shape index (κ1) is 15.9. The minimum atomic E-state index is -0.0499. The molecule has 0 radical (unpaired) electrons. The molecule has 0 unspecified atom stereocenters. The Morgan fingerprint density at radius 2 is 1.76 bits per heavy atom. The highest BCUT2D eigenvalue weighted by molar-refractivity contribution is 9.10. The van der Waals surface area contributed by atoms with Crippen molar-refractivity contribution < 1.29 is 9.53 Å². The number of ether oxygens (including phenoxy) is 1. The van der Waals surface area contributed by atoms with Gasteiger partial charge in [-0.3, -0.25) is 4.79 Å². The third-order valence-corrected chi connectivity index (χ3v) is 3.73. The summed E-state index contributed by atoms with van der Waals surface area (Å²) in [4.78, 5) is 13.8. The van der Waals surface area contributed by atoms with Gasteiger partial charge in [-0.05, 0) is 48.5 Å². The van der Waals surface area contributed by atoms with E-state index in [4.69, 9.17) is 16.3 Å². The van der Waals surface area contributed by atoms with Gasteiger partial charge in [0.15, 0.2) is 0 Å². The molecule has 2 aromatic rings. The Labute approximate surface area is 137 Å². The van der Waals surface area contributed by atoms with Gasteiger partial charge in [0.2, 0.25) is 0 Å². The van der Waals surface area contributed by atoms with E-state index in [1.165, 1.54) is 0 Å². The van der Waals surface area contributed by atoms with Crippen molar-refractivity contribution in [2.45, 2.75) is 0 Å². The van der Waals surface area contributed by atoms with E-state index in [2.05, 4.69) is 15.9 Å². The van der Waals surface area contributed by atoms with E-state index in [-0.39, 0.29) is 5.91 Å². The fraction of sp³-hybridized carbons (Fsp3) is 0.188. The predicted octanol–water partition coefficient (Wildman–Crippen LogP) is 4.25. The van der Waals surface area contributed by atoms with Gasteiger partial charge in [0, 0.05) is 22.1 Å². The maximum Gasteiger partial charge on any atom is 0.253 e. The number of amides is 1. The molecule has 1 amide bonds. The molecule has 0 aromatic heterocycles. The standard InChI is InChI=1S/C16H15BrClNO2/c1-19(16(20)12-2-6-14(18)7-3-12)10-11-21-15-8-4-13(17)5-9-15/h2-9H,10-11H2,1H3. The van der Waals surface area contributed by atoms with Gasteiger partial charge in [-0.15, -0.1) is 0 Å². The smallest absolute Gasteiger partial charge is 0.253 e. The Kier molecular flexibility index (Phi) is 5.65. The molecule has 2 rings (SSSR count). The number of hydrogen-bond acceptors (Lipinski definition) is 2. The number of benzene rings is 2. The molecule has 0 bridgehead atoms. The van der Waals surface area contributed by atoms with Gasteiger partial charge in [0.05, 0.1) is 6.54 Å². The first-order valence-corrected chi connectivity index (χ1v) is 7.63. The fourth-order valence-electron chi connectivity index (χ4n) is 1.75. The molecule has 0 heterocycles. The van der Waals surface area contributed by atoms with E-state index in [1.807, 2.05) is 24.3 Å². The van der Waals surface area contributed by atoms with Gasteiger partial charge in [-0.2, -0.15) is 0 Å². The zero-order chi connectivity index (χ0) is 15.2. The maximum absolute atomic E-state index is 12.2. The Morgan fingerprint density at radius 3 is 2.38 bits per heavy atom. The molecular weight excluding hydrogens is 354 g/mol. The SMILES string of the molecule is CN(CCOc1ccc(Br)cc1)C(=O)c1ccc(Cl)cc1. The monoisotopic (exact) mass is 367 g/mol. The third kappa shape index (κ3) is 4.76. The molecular formula is C16H15BrClNO2. The van der Waals surface area contributed by atoms with Crippen molar-refractivity contribution in [2.24, 2.45) is 0 Å². The van der Waals surface area contributed by atoms with Gasteiger partial charge in [-0.1, -0.05) is 27.5 Å². The summed E-state index contributed by atoms with van der Waals surface area (Å²) in [5, 5.41) is 0.618. The minimum Gasteiger partial charge on any atom is -0.492 e. The van der Waals surface area contributed by atoms with Crippen LogP contribution in [0, 0.1) is 0 Å². The number of likely N-dealkylation sites (N-methyl/N-ethyl adjacent to an activating group) is 1. The van der Waals surface area contributed by atoms with E-state index in [1.54, 1.807) is 36.2 Å². The molecule has 21 heavy (non-hydrogen) atoms. The van der Waals surface area contributed by atoms with E-state index < -0.39 is 0 Å². The number of carbonyl (C=O) groups is 1. The molecule has 0 aliphatic heterocycles. The molecule has 0 saturated carbocycles. The van der Waals surface area contributed by atoms with Crippen LogP contribution in [0.5, 0.6) is 5.75 Å². The van der Waals surface area contributed by atoms with Gasteiger partial charge < -0.3 is 9.64 Å². The Bertz CT molecular complexity index is 599. The third-order valence-electron chi connectivity index (χ3n) is 2.95. The molecule has 0 saturated heterocycles. The van der Waals surface area contributed by atoms with Crippen LogP contribution in [0.2, 0.25) is 5.02 Å². The van der Waals surface area contributed by atoms with Crippen LogP contribution in [0.4, 0.5) is 0 Å². The Balaban J connectivity index is 1.83. The molecule has 0 spiro atoms. The van der Waals surface area contributed by atoms with Crippen LogP contribution in [-0.4, -0.2) is 31.0 Å².